The first-order valence-corrected chi connectivity index (χ1v) is 10.6. The van der Waals surface area contributed by atoms with Crippen LogP contribution in [0.2, 0.25) is 0 Å². The molecule has 0 unspecified atom stereocenters. The number of likely N-dealkylation sites (tertiary alicyclic amines) is 1. The van der Waals surface area contributed by atoms with Gasteiger partial charge in [-0.15, -0.1) is 0 Å². The highest BCUT2D eigenvalue weighted by atomic mass is 19.4. The van der Waals surface area contributed by atoms with Gasteiger partial charge in [-0.2, -0.15) is 31.4 Å². The van der Waals surface area contributed by atoms with Crippen molar-refractivity contribution in [1.29, 1.82) is 0 Å². The number of carbonyl (C=O) groups is 1. The van der Waals surface area contributed by atoms with E-state index in [-0.39, 0.29) is 17.1 Å². The number of aromatic nitrogens is 4. The molecule has 0 aromatic carbocycles. The molecule has 186 valence electrons. The molecule has 34 heavy (non-hydrogen) atoms. The molecule has 2 aromatic rings. The fraction of sp³-hybridized carbons (Fsp3) is 0.600. The van der Waals surface area contributed by atoms with Crippen LogP contribution in [0, 0.1) is 12.8 Å². The van der Waals surface area contributed by atoms with Crippen LogP contribution >= 0.6 is 0 Å². The van der Waals surface area contributed by atoms with Crippen molar-refractivity contribution in [2.45, 2.75) is 57.0 Å². The fourth-order valence-corrected chi connectivity index (χ4v) is 4.66. The van der Waals surface area contributed by atoms with Gasteiger partial charge in [-0.05, 0) is 39.0 Å². The smallest absolute Gasteiger partial charge is 0.373 e. The van der Waals surface area contributed by atoms with Gasteiger partial charge in [0.1, 0.15) is 0 Å². The summed E-state index contributed by atoms with van der Waals surface area (Å²) in [7, 11) is 0. The average molecular weight is 493 g/mol. The monoisotopic (exact) mass is 493 g/mol. The molecule has 3 heterocycles. The minimum atomic E-state index is -5.90. The van der Waals surface area contributed by atoms with Gasteiger partial charge in [0.2, 0.25) is 5.95 Å². The number of fused-ring (bicyclic) bond motifs is 1. The Bertz CT molecular complexity index is 1150. The molecule has 1 fully saturated rings. The van der Waals surface area contributed by atoms with Gasteiger partial charge in [-0.25, -0.2) is 9.67 Å². The standard InChI is InChI=1S/C20H21F6N5O3/c1-10-13(9-27-31(10)17-28-14-4-2-3-12(14)15(32)29-17)16(33)30-7-5-11(6-8-30)18(34,19(21,22)23)20(24,25)26/h9,11,34H,2-8H2,1H3,(H,28,29,32). The number of aromatic amines is 1. The Labute approximate surface area is 188 Å². The molecule has 1 aliphatic carbocycles. The van der Waals surface area contributed by atoms with Crippen molar-refractivity contribution in [2.75, 3.05) is 13.1 Å². The van der Waals surface area contributed by atoms with Gasteiger partial charge in [0.05, 0.1) is 23.1 Å². The third kappa shape index (κ3) is 3.77. The lowest BCUT2D eigenvalue weighted by molar-refractivity contribution is -0.387. The number of rotatable bonds is 3. The Balaban J connectivity index is 1.52. The van der Waals surface area contributed by atoms with Crippen molar-refractivity contribution >= 4 is 5.91 Å². The number of hydrogen-bond acceptors (Lipinski definition) is 5. The van der Waals surface area contributed by atoms with E-state index in [1.54, 1.807) is 0 Å². The zero-order valence-electron chi connectivity index (χ0n) is 17.9. The number of hydrogen-bond donors (Lipinski definition) is 2. The number of H-pyrrole nitrogens is 1. The quantitative estimate of drug-likeness (QED) is 0.640. The van der Waals surface area contributed by atoms with Crippen LogP contribution in [0.25, 0.3) is 5.95 Å². The first-order valence-electron chi connectivity index (χ1n) is 10.6. The number of amides is 1. The van der Waals surface area contributed by atoms with Crippen LogP contribution in [-0.4, -0.2) is 66.7 Å². The minimum absolute atomic E-state index is 0.0727. The summed E-state index contributed by atoms with van der Waals surface area (Å²) in [5.74, 6) is -2.66. The maximum atomic E-state index is 13.1. The third-order valence-electron chi connectivity index (χ3n) is 6.61. The van der Waals surface area contributed by atoms with E-state index in [0.29, 0.717) is 29.8 Å². The predicted molar refractivity (Wildman–Crippen MR) is 104 cm³/mol. The molecular formula is C20H21F6N5O3. The molecule has 0 saturated carbocycles. The number of aryl methyl sites for hydroxylation is 1. The molecule has 8 nitrogen and oxygen atoms in total. The highest BCUT2D eigenvalue weighted by molar-refractivity contribution is 5.95. The van der Waals surface area contributed by atoms with E-state index in [0.717, 1.165) is 11.3 Å². The molecule has 1 saturated heterocycles. The number of alkyl halides is 6. The summed E-state index contributed by atoms with van der Waals surface area (Å²) in [6.45, 7) is 0.722. The molecule has 0 bridgehead atoms. The van der Waals surface area contributed by atoms with Gasteiger partial charge < -0.3 is 10.0 Å². The third-order valence-corrected chi connectivity index (χ3v) is 6.61. The minimum Gasteiger partial charge on any atom is -0.373 e. The van der Waals surface area contributed by atoms with Crippen molar-refractivity contribution in [3.63, 3.8) is 0 Å². The Morgan fingerprint density at radius 1 is 1.12 bits per heavy atom. The van der Waals surface area contributed by atoms with Crippen molar-refractivity contribution in [2.24, 2.45) is 5.92 Å². The molecule has 2 N–H and O–H groups in total. The number of halogens is 6. The first kappa shape index (κ1) is 24.2. The summed E-state index contributed by atoms with van der Waals surface area (Å²) < 4.78 is 80.1. The number of aliphatic hydroxyl groups is 1. The number of piperidine rings is 1. The van der Waals surface area contributed by atoms with E-state index in [4.69, 9.17) is 0 Å². The molecule has 0 radical (unpaired) electrons. The summed E-state index contributed by atoms with van der Waals surface area (Å²) in [4.78, 5) is 33.3. The lowest BCUT2D eigenvalue weighted by atomic mass is 9.79. The van der Waals surface area contributed by atoms with E-state index in [1.807, 2.05) is 0 Å². The lowest BCUT2D eigenvalue weighted by Gasteiger charge is -2.42. The van der Waals surface area contributed by atoms with Gasteiger partial charge >= 0.3 is 12.4 Å². The topological polar surface area (TPSA) is 104 Å². The molecule has 2 aromatic heterocycles. The molecule has 4 rings (SSSR count). The maximum Gasteiger partial charge on any atom is 0.426 e. The van der Waals surface area contributed by atoms with Gasteiger partial charge in [-0.3, -0.25) is 14.6 Å². The van der Waals surface area contributed by atoms with E-state index >= 15 is 0 Å². The Morgan fingerprint density at radius 3 is 2.32 bits per heavy atom. The zero-order chi connectivity index (χ0) is 25.1. The van der Waals surface area contributed by atoms with Crippen LogP contribution in [-0.2, 0) is 12.8 Å². The van der Waals surface area contributed by atoms with E-state index < -0.39 is 55.7 Å². The van der Waals surface area contributed by atoms with Crippen LogP contribution < -0.4 is 5.56 Å². The summed E-state index contributed by atoms with van der Waals surface area (Å²) >= 11 is 0. The predicted octanol–water partition coefficient (Wildman–Crippen LogP) is 2.46. The number of nitrogens with zero attached hydrogens (tertiary/aromatic N) is 4. The van der Waals surface area contributed by atoms with Gasteiger partial charge in [-0.1, -0.05) is 0 Å². The van der Waals surface area contributed by atoms with Crippen LogP contribution in [0.3, 0.4) is 0 Å². The van der Waals surface area contributed by atoms with Crippen LogP contribution in [0.4, 0.5) is 26.3 Å². The molecule has 0 atom stereocenters. The Kier molecular flexibility index (Phi) is 5.77. The van der Waals surface area contributed by atoms with Gasteiger partial charge in [0.15, 0.2) is 0 Å². The molecule has 1 aliphatic heterocycles. The van der Waals surface area contributed by atoms with Crippen LogP contribution in [0.15, 0.2) is 11.0 Å². The van der Waals surface area contributed by atoms with Crippen molar-refractivity contribution in [1.82, 2.24) is 24.6 Å². The van der Waals surface area contributed by atoms with Crippen molar-refractivity contribution in [3.8, 4) is 5.95 Å². The second kappa shape index (κ2) is 8.10. The lowest BCUT2D eigenvalue weighted by Crippen LogP contribution is -2.63. The molecule has 14 heteroatoms. The SMILES string of the molecule is Cc1c(C(=O)N2CCC(C(O)(C(F)(F)F)C(F)(F)F)CC2)cnn1-c1nc2c(c(=O)[nH]1)CCC2. The highest BCUT2D eigenvalue weighted by Crippen LogP contribution is 2.50. The number of carbonyl (C=O) groups excluding carboxylic acids is 1. The largest absolute Gasteiger partial charge is 0.426 e. The summed E-state index contributed by atoms with van der Waals surface area (Å²) in [6, 6.07) is 0. The Morgan fingerprint density at radius 2 is 1.74 bits per heavy atom. The molecule has 0 spiro atoms. The van der Waals surface area contributed by atoms with E-state index in [9.17, 15) is 41.0 Å². The second-order valence-electron chi connectivity index (χ2n) is 8.55. The first-order chi connectivity index (χ1) is 15.8. The van der Waals surface area contributed by atoms with E-state index in [2.05, 4.69) is 15.1 Å². The van der Waals surface area contributed by atoms with Crippen molar-refractivity contribution < 1.29 is 36.2 Å². The summed E-state index contributed by atoms with van der Waals surface area (Å²) in [5.41, 5.74) is -3.53. The van der Waals surface area contributed by atoms with Crippen LogP contribution in [0.1, 0.15) is 46.6 Å². The van der Waals surface area contributed by atoms with E-state index in [1.165, 1.54) is 17.8 Å². The molecule has 1 amide bonds. The number of nitrogens with one attached hydrogen (secondary N) is 1. The summed E-state index contributed by atoms with van der Waals surface area (Å²) in [6.07, 6.45) is -9.92. The van der Waals surface area contributed by atoms with Crippen molar-refractivity contribution in [3.05, 3.63) is 39.1 Å². The Hall–Kier alpha value is -2.90. The molecule has 2 aliphatic rings. The molecular weight excluding hydrogens is 472 g/mol. The summed E-state index contributed by atoms with van der Waals surface area (Å²) in [5, 5.41) is 13.7. The van der Waals surface area contributed by atoms with Gasteiger partial charge in [0, 0.05) is 24.6 Å². The average Bonchev–Trinajstić information content (AvgIpc) is 3.38. The zero-order valence-corrected chi connectivity index (χ0v) is 17.9. The fourth-order valence-electron chi connectivity index (χ4n) is 4.66. The van der Waals surface area contributed by atoms with Gasteiger partial charge in [0.25, 0.3) is 17.1 Å². The second-order valence-corrected chi connectivity index (χ2v) is 8.55. The highest BCUT2D eigenvalue weighted by Gasteiger charge is 2.73. The van der Waals surface area contributed by atoms with Crippen LogP contribution in [0.5, 0.6) is 0 Å². The maximum absolute atomic E-state index is 13.1. The normalized spacial score (nSPS) is 17.8.